The van der Waals surface area contributed by atoms with Crippen LogP contribution in [-0.4, -0.2) is 36.5 Å². The maximum absolute atomic E-state index is 13.7. The van der Waals surface area contributed by atoms with Crippen molar-refractivity contribution in [2.24, 2.45) is 5.73 Å². The zero-order valence-corrected chi connectivity index (χ0v) is 16.0. The van der Waals surface area contributed by atoms with Crippen LogP contribution >= 0.6 is 11.6 Å². The fraction of sp³-hybridized carbons (Fsp3) is 0.211. The van der Waals surface area contributed by atoms with Crippen molar-refractivity contribution in [3.63, 3.8) is 0 Å². The largest absolute Gasteiger partial charge is 0.483 e. The molecule has 0 radical (unpaired) electrons. The number of hydrogen-bond acceptors (Lipinski definition) is 4. The number of nitrogens with zero attached hydrogens (tertiary/aromatic N) is 1. The molecule has 11 heteroatoms. The number of ether oxygens (including phenoxy) is 1. The number of carbonyl (C=O) groups is 3. The number of carbonyl (C=O) groups excluding carboxylic acids is 3. The summed E-state index contributed by atoms with van der Waals surface area (Å²) in [6.45, 7) is -0.836. The first-order valence-corrected chi connectivity index (χ1v) is 8.95. The predicted molar refractivity (Wildman–Crippen MR) is 102 cm³/mol. The Morgan fingerprint density at radius 3 is 2.60 bits per heavy atom. The van der Waals surface area contributed by atoms with E-state index >= 15 is 0 Å². The van der Waals surface area contributed by atoms with Crippen LogP contribution in [0.1, 0.15) is 16.8 Å². The molecule has 0 bridgehead atoms. The van der Waals surface area contributed by atoms with E-state index in [0.29, 0.717) is 4.90 Å². The number of nitrogens with two attached hydrogens (primary N) is 1. The van der Waals surface area contributed by atoms with Gasteiger partial charge in [-0.05, 0) is 30.3 Å². The van der Waals surface area contributed by atoms with E-state index in [1.165, 1.54) is 42.5 Å². The molecule has 0 saturated carbocycles. The molecule has 30 heavy (non-hydrogen) atoms. The van der Waals surface area contributed by atoms with Gasteiger partial charge in [0.25, 0.3) is 11.8 Å². The van der Waals surface area contributed by atoms with Crippen LogP contribution in [0.15, 0.2) is 42.5 Å². The second-order valence-electron chi connectivity index (χ2n) is 6.38. The molecule has 2 aromatic rings. The normalized spacial score (nSPS) is 16.3. The van der Waals surface area contributed by atoms with Crippen LogP contribution in [0.25, 0.3) is 0 Å². The van der Waals surface area contributed by atoms with Crippen LogP contribution in [0.2, 0.25) is 5.02 Å². The summed E-state index contributed by atoms with van der Waals surface area (Å²) in [5.74, 6) is -2.94. The van der Waals surface area contributed by atoms with Gasteiger partial charge in [0, 0.05) is 5.02 Å². The molecule has 0 saturated heterocycles. The average molecular weight is 442 g/mol. The van der Waals surface area contributed by atoms with Crippen molar-refractivity contribution in [1.29, 1.82) is 0 Å². The summed E-state index contributed by atoms with van der Waals surface area (Å²) in [6.07, 6.45) is -5.85. The van der Waals surface area contributed by atoms with Crippen molar-refractivity contribution in [1.82, 2.24) is 0 Å². The number of nitrogens with one attached hydrogen (secondary N) is 1. The molecule has 1 aliphatic heterocycles. The fourth-order valence-corrected chi connectivity index (χ4v) is 3.20. The molecular formula is C19H15ClF3N3O4. The maximum Gasteiger partial charge on any atom is 0.409 e. The van der Waals surface area contributed by atoms with Crippen molar-refractivity contribution in [3.8, 4) is 5.75 Å². The Hall–Kier alpha value is -3.27. The van der Waals surface area contributed by atoms with E-state index in [1.807, 2.05) is 0 Å². The lowest BCUT2D eigenvalue weighted by Gasteiger charge is -2.31. The number of para-hydroxylation sites is 2. The van der Waals surface area contributed by atoms with E-state index in [4.69, 9.17) is 22.1 Å². The maximum atomic E-state index is 13.7. The third-order valence-electron chi connectivity index (χ3n) is 4.33. The van der Waals surface area contributed by atoms with Crippen LogP contribution < -0.4 is 20.7 Å². The summed E-state index contributed by atoms with van der Waals surface area (Å²) in [7, 11) is 0. The summed E-state index contributed by atoms with van der Waals surface area (Å²) in [5, 5.41) is 2.55. The summed E-state index contributed by atoms with van der Waals surface area (Å²) < 4.78 is 46.3. The third-order valence-corrected chi connectivity index (χ3v) is 4.57. The highest BCUT2D eigenvalue weighted by Crippen LogP contribution is 2.37. The number of alkyl halides is 3. The Labute approximate surface area is 173 Å². The predicted octanol–water partition coefficient (Wildman–Crippen LogP) is 3.12. The fourth-order valence-electron chi connectivity index (χ4n) is 3.03. The molecule has 0 fully saturated rings. The lowest BCUT2D eigenvalue weighted by atomic mass is 10.1. The van der Waals surface area contributed by atoms with Gasteiger partial charge in [-0.2, -0.15) is 13.2 Å². The second-order valence-corrected chi connectivity index (χ2v) is 6.82. The number of rotatable bonds is 4. The Kier molecular flexibility index (Phi) is 5.88. The summed E-state index contributed by atoms with van der Waals surface area (Å²) in [6, 6.07) is 7.10. The van der Waals surface area contributed by atoms with Crippen molar-refractivity contribution >= 4 is 40.7 Å². The molecule has 3 rings (SSSR count). The highest BCUT2D eigenvalue weighted by atomic mass is 35.5. The van der Waals surface area contributed by atoms with Crippen LogP contribution in [0, 0.1) is 0 Å². The molecule has 1 aliphatic rings. The molecular weight excluding hydrogens is 427 g/mol. The molecule has 3 amide bonds. The van der Waals surface area contributed by atoms with E-state index in [0.717, 1.165) is 0 Å². The van der Waals surface area contributed by atoms with Gasteiger partial charge in [-0.3, -0.25) is 19.3 Å². The molecule has 0 aromatic heterocycles. The second kappa shape index (κ2) is 8.23. The minimum atomic E-state index is -4.87. The van der Waals surface area contributed by atoms with Gasteiger partial charge in [0.1, 0.15) is 11.8 Å². The van der Waals surface area contributed by atoms with E-state index in [9.17, 15) is 27.6 Å². The van der Waals surface area contributed by atoms with Gasteiger partial charge in [0.15, 0.2) is 6.61 Å². The number of primary amides is 1. The molecule has 0 aliphatic carbocycles. The molecule has 3 N–H and O–H groups in total. The molecule has 0 unspecified atom stereocenters. The first-order valence-electron chi connectivity index (χ1n) is 8.57. The minimum Gasteiger partial charge on any atom is -0.483 e. The number of hydrogen-bond donors (Lipinski definition) is 2. The molecule has 158 valence electrons. The van der Waals surface area contributed by atoms with Crippen LogP contribution in [0.5, 0.6) is 5.75 Å². The van der Waals surface area contributed by atoms with Crippen LogP contribution in [-0.2, 0) is 9.59 Å². The van der Waals surface area contributed by atoms with Gasteiger partial charge in [0.05, 0.1) is 23.4 Å². The van der Waals surface area contributed by atoms with Gasteiger partial charge >= 0.3 is 6.18 Å². The average Bonchev–Trinajstić information content (AvgIpc) is 2.82. The van der Waals surface area contributed by atoms with Crippen LogP contribution in [0.4, 0.5) is 24.5 Å². The summed E-state index contributed by atoms with van der Waals surface area (Å²) >= 11 is 5.80. The van der Waals surface area contributed by atoms with Crippen molar-refractivity contribution in [3.05, 3.63) is 53.1 Å². The Morgan fingerprint density at radius 2 is 1.93 bits per heavy atom. The lowest BCUT2D eigenvalue weighted by Crippen LogP contribution is -2.51. The summed E-state index contributed by atoms with van der Waals surface area (Å²) in [5.41, 5.74) is 5.06. The number of halogens is 4. The zero-order chi connectivity index (χ0) is 22.1. The Bertz CT molecular complexity index is 1010. The highest BCUT2D eigenvalue weighted by molar-refractivity contribution is 6.31. The lowest BCUT2D eigenvalue weighted by molar-refractivity contribution is -0.158. The minimum absolute atomic E-state index is 0.0620. The standard InChI is InChI=1S/C19H15ClF3N3O4/c20-10-5-6-14(11(7-10)18(24)29)30-9-17(28)26-13-4-2-1-3-12(13)25-16(27)8-15(26)19(21,22)23/h1-7,15H,8-9H2,(H2,24,29)(H,25,27)/t15-/m1/s1. The van der Waals surface area contributed by atoms with Gasteiger partial charge in [0.2, 0.25) is 5.91 Å². The smallest absolute Gasteiger partial charge is 0.409 e. The van der Waals surface area contributed by atoms with Crippen molar-refractivity contribution in [2.75, 3.05) is 16.8 Å². The SMILES string of the molecule is NC(=O)c1cc(Cl)ccc1OCC(=O)N1c2ccccc2NC(=O)C[C@@H]1C(F)(F)F. The Balaban J connectivity index is 1.94. The van der Waals surface area contributed by atoms with E-state index in [1.54, 1.807) is 0 Å². The molecule has 0 spiro atoms. The first-order chi connectivity index (χ1) is 14.1. The quantitative estimate of drug-likeness (QED) is 0.761. The van der Waals surface area contributed by atoms with Crippen molar-refractivity contribution < 1.29 is 32.3 Å². The van der Waals surface area contributed by atoms with Gasteiger partial charge < -0.3 is 15.8 Å². The van der Waals surface area contributed by atoms with Crippen LogP contribution in [0.3, 0.4) is 0 Å². The van der Waals surface area contributed by atoms with Crippen molar-refractivity contribution in [2.45, 2.75) is 18.6 Å². The number of fused-ring (bicyclic) bond motifs is 1. The molecule has 1 atom stereocenters. The van der Waals surface area contributed by atoms with E-state index in [-0.39, 0.29) is 27.7 Å². The first kappa shape index (κ1) is 21.4. The van der Waals surface area contributed by atoms with Gasteiger partial charge in [-0.25, -0.2) is 0 Å². The number of benzene rings is 2. The van der Waals surface area contributed by atoms with Gasteiger partial charge in [-0.1, -0.05) is 23.7 Å². The monoisotopic (exact) mass is 441 g/mol. The third kappa shape index (κ3) is 4.48. The topological polar surface area (TPSA) is 102 Å². The van der Waals surface area contributed by atoms with Gasteiger partial charge in [-0.15, -0.1) is 0 Å². The molecule has 1 heterocycles. The molecule has 7 nitrogen and oxygen atoms in total. The van der Waals surface area contributed by atoms with E-state index in [2.05, 4.69) is 5.32 Å². The van der Waals surface area contributed by atoms with E-state index < -0.39 is 43.0 Å². The number of amides is 3. The zero-order valence-electron chi connectivity index (χ0n) is 15.2. The number of anilines is 2. The highest BCUT2D eigenvalue weighted by Gasteiger charge is 2.49. The molecule has 2 aromatic carbocycles. The Morgan fingerprint density at radius 1 is 1.23 bits per heavy atom. The summed E-state index contributed by atoms with van der Waals surface area (Å²) in [4.78, 5) is 36.8.